The minimum absolute atomic E-state index is 0.112. The van der Waals surface area contributed by atoms with E-state index in [-0.39, 0.29) is 5.91 Å². The second-order valence-electron chi connectivity index (χ2n) is 5.32. The highest BCUT2D eigenvalue weighted by molar-refractivity contribution is 7.22. The summed E-state index contributed by atoms with van der Waals surface area (Å²) in [5, 5.41) is 2.67. The van der Waals surface area contributed by atoms with E-state index in [1.54, 1.807) is 22.3 Å². The zero-order chi connectivity index (χ0) is 17.1. The first-order chi connectivity index (χ1) is 12.3. The number of thiophene rings is 1. The van der Waals surface area contributed by atoms with Gasteiger partial charge in [-0.2, -0.15) is 0 Å². The summed E-state index contributed by atoms with van der Waals surface area (Å²) in [5.41, 5.74) is 1.71. The summed E-state index contributed by atoms with van der Waals surface area (Å²) in [6, 6.07) is 21.5. The van der Waals surface area contributed by atoms with Crippen LogP contribution in [0.5, 0.6) is 0 Å². The summed E-state index contributed by atoms with van der Waals surface area (Å²) in [6.45, 7) is 0. The van der Waals surface area contributed by atoms with E-state index < -0.39 is 0 Å². The number of benzene rings is 2. The van der Waals surface area contributed by atoms with Gasteiger partial charge in [-0.05, 0) is 41.8 Å². The number of fused-ring (bicyclic) bond motifs is 1. The number of carbonyl (C=O) groups excluding carboxylic acids is 1. The smallest absolute Gasteiger partial charge is 0.257 e. The summed E-state index contributed by atoms with van der Waals surface area (Å²) in [4.78, 5) is 20.3. The van der Waals surface area contributed by atoms with Gasteiger partial charge in [0.15, 0.2) is 5.13 Å². The maximum absolute atomic E-state index is 12.9. The Labute approximate surface area is 153 Å². The molecule has 0 spiro atoms. The lowest BCUT2D eigenvalue weighted by molar-refractivity contribution is -0.113. The van der Waals surface area contributed by atoms with Gasteiger partial charge in [-0.1, -0.05) is 47.7 Å². The van der Waals surface area contributed by atoms with Crippen LogP contribution < -0.4 is 4.90 Å². The van der Waals surface area contributed by atoms with Crippen LogP contribution in [0.1, 0.15) is 4.88 Å². The molecule has 0 atom stereocenters. The molecule has 0 saturated carbocycles. The van der Waals surface area contributed by atoms with Gasteiger partial charge in [-0.25, -0.2) is 4.98 Å². The van der Waals surface area contributed by atoms with Crippen molar-refractivity contribution >= 4 is 55.7 Å². The quantitative estimate of drug-likeness (QED) is 0.434. The van der Waals surface area contributed by atoms with Crippen molar-refractivity contribution in [1.82, 2.24) is 4.98 Å². The third-order valence-electron chi connectivity index (χ3n) is 3.64. The molecule has 0 bridgehead atoms. The lowest BCUT2D eigenvalue weighted by Gasteiger charge is -2.18. The van der Waals surface area contributed by atoms with E-state index in [2.05, 4.69) is 4.98 Å². The van der Waals surface area contributed by atoms with Crippen LogP contribution >= 0.6 is 22.7 Å². The lowest BCUT2D eigenvalue weighted by atomic mass is 10.3. The molecule has 1 amide bonds. The molecule has 0 saturated heterocycles. The van der Waals surface area contributed by atoms with Gasteiger partial charge in [0.05, 0.1) is 15.9 Å². The second-order valence-corrected chi connectivity index (χ2v) is 7.31. The third kappa shape index (κ3) is 3.38. The number of nitrogens with zero attached hydrogens (tertiary/aromatic N) is 2. The van der Waals surface area contributed by atoms with Crippen molar-refractivity contribution in [2.45, 2.75) is 0 Å². The minimum Gasteiger partial charge on any atom is -0.269 e. The van der Waals surface area contributed by atoms with E-state index in [1.807, 2.05) is 78.2 Å². The van der Waals surface area contributed by atoms with Crippen LogP contribution in [-0.2, 0) is 4.79 Å². The summed E-state index contributed by atoms with van der Waals surface area (Å²) < 4.78 is 1.06. The molecule has 25 heavy (non-hydrogen) atoms. The van der Waals surface area contributed by atoms with Gasteiger partial charge in [-0.3, -0.25) is 9.69 Å². The molecule has 2 heterocycles. The third-order valence-corrected chi connectivity index (χ3v) is 5.50. The zero-order valence-electron chi connectivity index (χ0n) is 13.2. The monoisotopic (exact) mass is 362 g/mol. The van der Waals surface area contributed by atoms with Crippen LogP contribution in [0.3, 0.4) is 0 Å². The van der Waals surface area contributed by atoms with Crippen LogP contribution in [0.15, 0.2) is 78.2 Å². The van der Waals surface area contributed by atoms with Crippen LogP contribution in [0.4, 0.5) is 10.8 Å². The van der Waals surface area contributed by atoms with Gasteiger partial charge in [-0.15, -0.1) is 11.3 Å². The number of amides is 1. The Hall–Kier alpha value is -2.76. The van der Waals surface area contributed by atoms with Gasteiger partial charge < -0.3 is 0 Å². The van der Waals surface area contributed by atoms with Crippen molar-refractivity contribution in [2.24, 2.45) is 0 Å². The second kappa shape index (κ2) is 7.01. The van der Waals surface area contributed by atoms with Crippen LogP contribution in [0.2, 0.25) is 0 Å². The number of hydrogen-bond donors (Lipinski definition) is 0. The fourth-order valence-electron chi connectivity index (χ4n) is 2.48. The Bertz CT molecular complexity index is 987. The number of anilines is 2. The lowest BCUT2D eigenvalue weighted by Crippen LogP contribution is -2.23. The van der Waals surface area contributed by atoms with E-state index in [0.717, 1.165) is 20.8 Å². The van der Waals surface area contributed by atoms with Crippen LogP contribution in [-0.4, -0.2) is 10.9 Å². The highest BCUT2D eigenvalue weighted by Crippen LogP contribution is 2.33. The number of thiazole rings is 1. The number of rotatable bonds is 4. The Morgan fingerprint density at radius 2 is 1.76 bits per heavy atom. The summed E-state index contributed by atoms with van der Waals surface area (Å²) in [6.07, 6.45) is 3.45. The standard InChI is InChI=1S/C20H14N2OS2/c23-19(13-12-16-9-6-14-24-16)22(15-7-2-1-3-8-15)20-21-17-10-4-5-11-18(17)25-20/h1-14H/b13-12+. The molecule has 0 aliphatic carbocycles. The fraction of sp³-hybridized carbons (Fsp3) is 0. The first kappa shape index (κ1) is 15.7. The average Bonchev–Trinajstić information content (AvgIpc) is 3.30. The molecular formula is C20H14N2OS2. The minimum atomic E-state index is -0.112. The van der Waals surface area contributed by atoms with Gasteiger partial charge in [0.2, 0.25) is 0 Å². The molecule has 0 N–H and O–H groups in total. The van der Waals surface area contributed by atoms with E-state index >= 15 is 0 Å². The molecule has 0 unspecified atom stereocenters. The van der Waals surface area contributed by atoms with Crippen molar-refractivity contribution in [3.8, 4) is 0 Å². The number of para-hydroxylation sites is 2. The number of aromatic nitrogens is 1. The first-order valence-electron chi connectivity index (χ1n) is 7.77. The van der Waals surface area contributed by atoms with Gasteiger partial charge in [0.25, 0.3) is 5.91 Å². The van der Waals surface area contributed by atoms with Crippen molar-refractivity contribution in [3.63, 3.8) is 0 Å². The Kier molecular flexibility index (Phi) is 4.41. The molecule has 3 nitrogen and oxygen atoms in total. The van der Waals surface area contributed by atoms with Crippen LogP contribution in [0.25, 0.3) is 16.3 Å². The molecule has 2 aromatic heterocycles. The van der Waals surface area contributed by atoms with Crippen molar-refractivity contribution < 1.29 is 4.79 Å². The molecule has 0 fully saturated rings. The number of carbonyl (C=O) groups is 1. The van der Waals surface area contributed by atoms with Gasteiger partial charge >= 0.3 is 0 Å². The molecule has 4 rings (SSSR count). The van der Waals surface area contributed by atoms with Crippen molar-refractivity contribution in [1.29, 1.82) is 0 Å². The van der Waals surface area contributed by atoms with Crippen LogP contribution in [0, 0.1) is 0 Å². The Morgan fingerprint density at radius 1 is 0.960 bits per heavy atom. The van der Waals surface area contributed by atoms with E-state index in [1.165, 1.54) is 11.3 Å². The summed E-state index contributed by atoms with van der Waals surface area (Å²) >= 11 is 3.12. The predicted octanol–water partition coefficient (Wildman–Crippen LogP) is 5.74. The van der Waals surface area contributed by atoms with E-state index in [0.29, 0.717) is 5.13 Å². The predicted molar refractivity (Wildman–Crippen MR) is 107 cm³/mol. The highest BCUT2D eigenvalue weighted by Gasteiger charge is 2.19. The maximum atomic E-state index is 12.9. The summed E-state index contributed by atoms with van der Waals surface area (Å²) in [5.74, 6) is -0.112. The fourth-order valence-corrected chi connectivity index (χ4v) is 4.09. The zero-order valence-corrected chi connectivity index (χ0v) is 14.8. The van der Waals surface area contributed by atoms with E-state index in [4.69, 9.17) is 0 Å². The van der Waals surface area contributed by atoms with Gasteiger partial charge in [0, 0.05) is 11.0 Å². The molecule has 0 aliphatic rings. The maximum Gasteiger partial charge on any atom is 0.257 e. The highest BCUT2D eigenvalue weighted by atomic mass is 32.1. The molecule has 4 aromatic rings. The van der Waals surface area contributed by atoms with Gasteiger partial charge in [0.1, 0.15) is 0 Å². The normalized spacial score (nSPS) is 11.2. The van der Waals surface area contributed by atoms with E-state index in [9.17, 15) is 4.79 Å². The Morgan fingerprint density at radius 3 is 2.52 bits per heavy atom. The molecular weight excluding hydrogens is 348 g/mol. The summed E-state index contributed by atoms with van der Waals surface area (Å²) in [7, 11) is 0. The number of hydrogen-bond acceptors (Lipinski definition) is 4. The first-order valence-corrected chi connectivity index (χ1v) is 9.47. The molecule has 0 radical (unpaired) electrons. The largest absolute Gasteiger partial charge is 0.269 e. The molecule has 2 aromatic carbocycles. The molecule has 5 heteroatoms. The molecule has 0 aliphatic heterocycles. The SMILES string of the molecule is O=C(/C=C/c1cccs1)N(c1ccccc1)c1nc2ccccc2s1. The molecule has 122 valence electrons. The van der Waals surface area contributed by atoms with Crippen molar-refractivity contribution in [3.05, 3.63) is 83.1 Å². The Balaban J connectivity index is 1.75. The average molecular weight is 362 g/mol. The van der Waals surface area contributed by atoms with Crippen molar-refractivity contribution in [2.75, 3.05) is 4.90 Å². The topological polar surface area (TPSA) is 33.2 Å².